The third kappa shape index (κ3) is 5.02. The number of rotatable bonds is 9. The first kappa shape index (κ1) is 19.6. The van der Waals surface area contributed by atoms with Gasteiger partial charge < -0.3 is 14.4 Å². The van der Waals surface area contributed by atoms with Crippen molar-refractivity contribution in [2.24, 2.45) is 0 Å². The van der Waals surface area contributed by atoms with Crippen LogP contribution in [0.4, 0.5) is 0 Å². The van der Waals surface area contributed by atoms with E-state index < -0.39 is 0 Å². The number of hydrogen-bond donors (Lipinski definition) is 1. The van der Waals surface area contributed by atoms with E-state index in [1.54, 1.807) is 23.1 Å². The van der Waals surface area contributed by atoms with Crippen LogP contribution in [-0.4, -0.2) is 30.4 Å². The number of imidazole rings is 1. The molecule has 0 spiro atoms. The summed E-state index contributed by atoms with van der Waals surface area (Å²) in [7, 11) is 0. The first-order chi connectivity index (χ1) is 14.7. The molecule has 0 saturated carbocycles. The molecule has 154 valence electrons. The van der Waals surface area contributed by atoms with Gasteiger partial charge in [-0.15, -0.1) is 0 Å². The third-order valence-electron chi connectivity index (χ3n) is 4.79. The number of nitrogens with one attached hydrogen (secondary N) is 1. The third-order valence-corrected chi connectivity index (χ3v) is 4.79. The van der Waals surface area contributed by atoms with E-state index in [1.807, 2.05) is 25.4 Å². The van der Waals surface area contributed by atoms with Crippen molar-refractivity contribution >= 4 is 5.91 Å². The highest BCUT2D eigenvalue weighted by Gasteiger charge is 2.14. The molecule has 30 heavy (non-hydrogen) atoms. The largest absolute Gasteiger partial charge is 0.359 e. The maximum atomic E-state index is 12.4. The molecule has 1 aromatic carbocycles. The number of hydrogen-bond acceptors (Lipinski definition) is 5. The maximum absolute atomic E-state index is 12.4. The molecule has 8 heteroatoms. The highest BCUT2D eigenvalue weighted by Crippen LogP contribution is 2.08. The van der Waals surface area contributed by atoms with Gasteiger partial charge >= 0.3 is 0 Å². The van der Waals surface area contributed by atoms with E-state index in [0.717, 1.165) is 30.8 Å². The number of carbonyl (C=O) groups is 1. The molecule has 0 aliphatic carbocycles. The van der Waals surface area contributed by atoms with Crippen LogP contribution >= 0.6 is 0 Å². The van der Waals surface area contributed by atoms with E-state index in [2.05, 4.69) is 49.4 Å². The molecule has 0 atom stereocenters. The van der Waals surface area contributed by atoms with Crippen molar-refractivity contribution in [2.75, 3.05) is 0 Å². The van der Waals surface area contributed by atoms with Gasteiger partial charge in [0, 0.05) is 31.2 Å². The normalized spacial score (nSPS) is 11.0. The average molecular weight is 404 g/mol. The van der Waals surface area contributed by atoms with Crippen molar-refractivity contribution in [3.63, 3.8) is 0 Å². The molecule has 0 aliphatic heterocycles. The van der Waals surface area contributed by atoms with E-state index in [0.29, 0.717) is 18.8 Å². The summed E-state index contributed by atoms with van der Waals surface area (Å²) in [6.07, 6.45) is 9.37. The molecular weight excluding hydrogens is 380 g/mol. The van der Waals surface area contributed by atoms with Crippen LogP contribution in [0.2, 0.25) is 0 Å². The Morgan fingerprint density at radius 1 is 1.23 bits per heavy atom. The van der Waals surface area contributed by atoms with E-state index >= 15 is 0 Å². The monoisotopic (exact) mass is 404 g/mol. The van der Waals surface area contributed by atoms with Crippen LogP contribution in [0.1, 0.15) is 39.6 Å². The second-order valence-electron chi connectivity index (χ2n) is 7.20. The molecule has 0 saturated heterocycles. The quantitative estimate of drug-likeness (QED) is 0.463. The lowest BCUT2D eigenvalue weighted by Gasteiger charge is -2.08. The standard InChI is InChI=1S/C22H24N6O2/c1-17-13-25-28(15-17)16-19-12-20(26-30-19)22(29)24-14-21-23-9-11-27(21)10-5-8-18-6-3-2-4-7-18/h2-4,6-7,9,11-13,15H,5,8,10,14,16H2,1H3,(H,24,29). The molecule has 0 aliphatic rings. The van der Waals surface area contributed by atoms with Crippen molar-refractivity contribution in [3.05, 3.63) is 89.6 Å². The molecule has 3 heterocycles. The highest BCUT2D eigenvalue weighted by atomic mass is 16.5. The van der Waals surface area contributed by atoms with Crippen molar-refractivity contribution in [3.8, 4) is 0 Å². The molecule has 0 radical (unpaired) electrons. The molecule has 0 bridgehead atoms. The van der Waals surface area contributed by atoms with E-state index in [-0.39, 0.29) is 11.6 Å². The van der Waals surface area contributed by atoms with Crippen molar-refractivity contribution < 1.29 is 9.32 Å². The molecule has 1 N–H and O–H groups in total. The number of carbonyl (C=O) groups excluding carboxylic acids is 1. The Hall–Kier alpha value is -3.68. The predicted molar refractivity (Wildman–Crippen MR) is 111 cm³/mol. The predicted octanol–water partition coefficient (Wildman–Crippen LogP) is 2.99. The first-order valence-corrected chi connectivity index (χ1v) is 9.94. The van der Waals surface area contributed by atoms with Crippen LogP contribution in [0, 0.1) is 6.92 Å². The van der Waals surface area contributed by atoms with Gasteiger partial charge in [-0.05, 0) is 30.9 Å². The van der Waals surface area contributed by atoms with Gasteiger partial charge in [-0.3, -0.25) is 9.48 Å². The lowest BCUT2D eigenvalue weighted by atomic mass is 10.1. The van der Waals surface area contributed by atoms with Crippen LogP contribution in [0.25, 0.3) is 0 Å². The molecular formula is C22H24N6O2. The number of aryl methyl sites for hydroxylation is 3. The SMILES string of the molecule is Cc1cnn(Cc2cc(C(=O)NCc3nccn3CCCc3ccccc3)no2)c1. The van der Waals surface area contributed by atoms with Gasteiger partial charge in [-0.2, -0.15) is 5.10 Å². The molecule has 4 rings (SSSR count). The summed E-state index contributed by atoms with van der Waals surface area (Å²) >= 11 is 0. The Balaban J connectivity index is 1.28. The minimum atomic E-state index is -0.291. The second kappa shape index (κ2) is 9.21. The fourth-order valence-electron chi connectivity index (χ4n) is 3.27. The van der Waals surface area contributed by atoms with Gasteiger partial charge in [0.05, 0.1) is 12.7 Å². The maximum Gasteiger partial charge on any atom is 0.273 e. The fourth-order valence-corrected chi connectivity index (χ4v) is 3.27. The van der Waals surface area contributed by atoms with Crippen molar-refractivity contribution in [2.45, 2.75) is 39.4 Å². The zero-order valence-corrected chi connectivity index (χ0v) is 16.9. The summed E-state index contributed by atoms with van der Waals surface area (Å²) in [4.78, 5) is 16.8. The summed E-state index contributed by atoms with van der Waals surface area (Å²) in [6.45, 7) is 3.57. The van der Waals surface area contributed by atoms with E-state index in [9.17, 15) is 4.79 Å². The summed E-state index contributed by atoms with van der Waals surface area (Å²) < 4.78 is 9.07. The van der Waals surface area contributed by atoms with Gasteiger partial charge in [0.15, 0.2) is 11.5 Å². The summed E-state index contributed by atoms with van der Waals surface area (Å²) in [5, 5.41) is 10.9. The zero-order chi connectivity index (χ0) is 20.8. The number of nitrogens with zero attached hydrogens (tertiary/aromatic N) is 5. The molecule has 4 aromatic rings. The Labute approximate surface area is 174 Å². The molecule has 0 fully saturated rings. The smallest absolute Gasteiger partial charge is 0.273 e. The van der Waals surface area contributed by atoms with Gasteiger partial charge in [0.1, 0.15) is 12.4 Å². The Kier molecular flexibility index (Phi) is 6.03. The van der Waals surface area contributed by atoms with E-state index in [1.165, 1.54) is 5.56 Å². The van der Waals surface area contributed by atoms with Gasteiger partial charge in [0.2, 0.25) is 0 Å². The Morgan fingerprint density at radius 3 is 2.90 bits per heavy atom. The summed E-state index contributed by atoms with van der Waals surface area (Å²) in [6, 6.07) is 12.0. The molecule has 1 amide bonds. The molecule has 3 aromatic heterocycles. The Bertz CT molecular complexity index is 1100. The van der Waals surface area contributed by atoms with Crippen LogP contribution in [0.3, 0.4) is 0 Å². The minimum Gasteiger partial charge on any atom is -0.359 e. The van der Waals surface area contributed by atoms with Crippen LogP contribution in [0.5, 0.6) is 0 Å². The minimum absolute atomic E-state index is 0.246. The summed E-state index contributed by atoms with van der Waals surface area (Å²) in [5.41, 5.74) is 2.63. The average Bonchev–Trinajstić information content (AvgIpc) is 3.49. The van der Waals surface area contributed by atoms with Crippen molar-refractivity contribution in [1.82, 2.24) is 29.8 Å². The van der Waals surface area contributed by atoms with Crippen molar-refractivity contribution in [1.29, 1.82) is 0 Å². The number of benzene rings is 1. The number of amides is 1. The Morgan fingerprint density at radius 2 is 2.10 bits per heavy atom. The van der Waals surface area contributed by atoms with Gasteiger partial charge in [-0.1, -0.05) is 35.5 Å². The lowest BCUT2D eigenvalue weighted by Crippen LogP contribution is -2.25. The van der Waals surface area contributed by atoms with Gasteiger partial charge in [0.25, 0.3) is 5.91 Å². The summed E-state index contributed by atoms with van der Waals surface area (Å²) in [5.74, 6) is 1.10. The van der Waals surface area contributed by atoms with E-state index in [4.69, 9.17) is 4.52 Å². The zero-order valence-electron chi connectivity index (χ0n) is 16.9. The topological polar surface area (TPSA) is 90.8 Å². The first-order valence-electron chi connectivity index (χ1n) is 9.94. The van der Waals surface area contributed by atoms with Gasteiger partial charge in [-0.25, -0.2) is 4.98 Å². The number of aromatic nitrogens is 5. The molecule has 0 unspecified atom stereocenters. The lowest BCUT2D eigenvalue weighted by molar-refractivity contribution is 0.0940. The van der Waals surface area contributed by atoms with Crippen LogP contribution < -0.4 is 5.32 Å². The fraction of sp³-hybridized carbons (Fsp3) is 0.273. The highest BCUT2D eigenvalue weighted by molar-refractivity contribution is 5.92. The molecule has 8 nitrogen and oxygen atoms in total. The second-order valence-corrected chi connectivity index (χ2v) is 7.20. The van der Waals surface area contributed by atoms with Crippen LogP contribution in [0.15, 0.2) is 65.7 Å². The van der Waals surface area contributed by atoms with Crippen LogP contribution in [-0.2, 0) is 26.1 Å².